The number of aromatic carboxylic acids is 1. The van der Waals surface area contributed by atoms with Gasteiger partial charge in [-0.2, -0.15) is 0 Å². The van der Waals surface area contributed by atoms with Gasteiger partial charge in [-0.1, -0.05) is 31.5 Å². The maximum absolute atomic E-state index is 11.0. The van der Waals surface area contributed by atoms with Crippen molar-refractivity contribution in [3.8, 4) is 0 Å². The molecule has 1 rings (SSSR count). The SMILES string of the molecule is CCCCOCCNCCc1ccccc1C(=O)O. The van der Waals surface area contributed by atoms with Gasteiger partial charge in [0, 0.05) is 13.2 Å². The predicted octanol–water partition coefficient (Wildman–Crippen LogP) is 2.33. The van der Waals surface area contributed by atoms with Crippen molar-refractivity contribution in [1.29, 1.82) is 0 Å². The Morgan fingerprint density at radius 3 is 2.79 bits per heavy atom. The molecule has 1 aromatic carbocycles. The first kappa shape index (κ1) is 15.7. The molecule has 4 nitrogen and oxygen atoms in total. The van der Waals surface area contributed by atoms with Crippen molar-refractivity contribution >= 4 is 5.97 Å². The van der Waals surface area contributed by atoms with Crippen LogP contribution in [0.15, 0.2) is 24.3 Å². The second kappa shape index (κ2) is 9.53. The average molecular weight is 265 g/mol. The highest BCUT2D eigenvalue weighted by molar-refractivity contribution is 5.89. The maximum atomic E-state index is 11.0. The number of carboxylic acids is 1. The molecule has 0 aliphatic heterocycles. The first-order chi connectivity index (χ1) is 9.25. The number of hydrogen-bond acceptors (Lipinski definition) is 3. The van der Waals surface area contributed by atoms with Crippen LogP contribution in [0, 0.1) is 0 Å². The van der Waals surface area contributed by atoms with E-state index in [1.165, 1.54) is 0 Å². The van der Waals surface area contributed by atoms with Gasteiger partial charge in [0.05, 0.1) is 12.2 Å². The van der Waals surface area contributed by atoms with Gasteiger partial charge in [-0.25, -0.2) is 4.79 Å². The highest BCUT2D eigenvalue weighted by Gasteiger charge is 2.07. The standard InChI is InChI=1S/C15H23NO3/c1-2-3-11-19-12-10-16-9-8-13-6-4-5-7-14(13)15(17)18/h4-7,16H,2-3,8-12H2,1H3,(H,17,18). The summed E-state index contributed by atoms with van der Waals surface area (Å²) in [5.41, 5.74) is 1.26. The van der Waals surface area contributed by atoms with Crippen LogP contribution in [-0.2, 0) is 11.2 Å². The number of benzene rings is 1. The lowest BCUT2D eigenvalue weighted by Gasteiger charge is -2.08. The molecule has 106 valence electrons. The van der Waals surface area contributed by atoms with Crippen molar-refractivity contribution in [1.82, 2.24) is 5.32 Å². The predicted molar refractivity (Wildman–Crippen MR) is 75.7 cm³/mol. The fourth-order valence-corrected chi connectivity index (χ4v) is 1.79. The number of nitrogens with one attached hydrogen (secondary N) is 1. The van der Waals surface area contributed by atoms with Crippen LogP contribution in [0.25, 0.3) is 0 Å². The second-order valence-electron chi connectivity index (χ2n) is 4.43. The molecule has 0 amide bonds. The molecule has 0 atom stereocenters. The van der Waals surface area contributed by atoms with E-state index in [4.69, 9.17) is 9.84 Å². The molecular weight excluding hydrogens is 242 g/mol. The van der Waals surface area contributed by atoms with Crippen LogP contribution in [0.2, 0.25) is 0 Å². The topological polar surface area (TPSA) is 58.6 Å². The van der Waals surface area contributed by atoms with E-state index in [1.807, 2.05) is 12.1 Å². The zero-order valence-corrected chi connectivity index (χ0v) is 11.5. The fourth-order valence-electron chi connectivity index (χ4n) is 1.79. The van der Waals surface area contributed by atoms with Crippen LogP contribution in [0.1, 0.15) is 35.7 Å². The fraction of sp³-hybridized carbons (Fsp3) is 0.533. The van der Waals surface area contributed by atoms with Crippen LogP contribution in [0.5, 0.6) is 0 Å². The number of carboxylic acid groups (broad SMARTS) is 1. The summed E-state index contributed by atoms with van der Waals surface area (Å²) in [5, 5.41) is 12.3. The molecule has 0 aliphatic rings. The maximum Gasteiger partial charge on any atom is 0.335 e. The van der Waals surface area contributed by atoms with E-state index in [0.717, 1.165) is 44.5 Å². The van der Waals surface area contributed by atoms with Gasteiger partial charge in [0.25, 0.3) is 0 Å². The molecule has 0 aliphatic carbocycles. The lowest BCUT2D eigenvalue weighted by molar-refractivity contribution is 0.0695. The van der Waals surface area contributed by atoms with Crippen LogP contribution >= 0.6 is 0 Å². The quantitative estimate of drug-likeness (QED) is 0.637. The second-order valence-corrected chi connectivity index (χ2v) is 4.43. The Morgan fingerprint density at radius 1 is 1.26 bits per heavy atom. The minimum absolute atomic E-state index is 0.392. The Morgan fingerprint density at radius 2 is 2.05 bits per heavy atom. The molecule has 0 heterocycles. The summed E-state index contributed by atoms with van der Waals surface area (Å²) in [4.78, 5) is 11.0. The van der Waals surface area contributed by atoms with Crippen LogP contribution < -0.4 is 5.32 Å². The van der Waals surface area contributed by atoms with Crippen LogP contribution in [0.3, 0.4) is 0 Å². The molecule has 19 heavy (non-hydrogen) atoms. The molecule has 0 saturated heterocycles. The minimum Gasteiger partial charge on any atom is -0.478 e. The summed E-state index contributed by atoms with van der Waals surface area (Å²) in [5.74, 6) is -0.863. The smallest absolute Gasteiger partial charge is 0.335 e. The molecule has 1 aromatic rings. The third-order valence-corrected chi connectivity index (χ3v) is 2.88. The van der Waals surface area contributed by atoms with Gasteiger partial charge in [0.2, 0.25) is 0 Å². The van der Waals surface area contributed by atoms with Gasteiger partial charge in [-0.3, -0.25) is 0 Å². The van der Waals surface area contributed by atoms with E-state index in [9.17, 15) is 4.79 Å². The number of carbonyl (C=O) groups is 1. The van der Waals surface area contributed by atoms with E-state index in [-0.39, 0.29) is 0 Å². The van der Waals surface area contributed by atoms with Crippen molar-refractivity contribution in [2.24, 2.45) is 0 Å². The number of ether oxygens (including phenoxy) is 1. The summed E-state index contributed by atoms with van der Waals surface area (Å²) >= 11 is 0. The molecule has 0 bridgehead atoms. The normalized spacial score (nSPS) is 10.6. The third-order valence-electron chi connectivity index (χ3n) is 2.88. The molecule has 4 heteroatoms. The lowest BCUT2D eigenvalue weighted by atomic mass is 10.0. The highest BCUT2D eigenvalue weighted by Crippen LogP contribution is 2.08. The Kier molecular flexibility index (Phi) is 7.86. The number of unbranched alkanes of at least 4 members (excludes halogenated alkanes) is 1. The molecule has 0 saturated carbocycles. The summed E-state index contributed by atoms with van der Waals surface area (Å²) in [6.45, 7) is 5.24. The molecule has 0 radical (unpaired) electrons. The van der Waals surface area contributed by atoms with Gasteiger partial charge in [-0.15, -0.1) is 0 Å². The van der Waals surface area contributed by atoms with Crippen molar-refractivity contribution in [3.05, 3.63) is 35.4 Å². The Hall–Kier alpha value is -1.39. The largest absolute Gasteiger partial charge is 0.478 e. The van der Waals surface area contributed by atoms with E-state index in [1.54, 1.807) is 12.1 Å². The monoisotopic (exact) mass is 265 g/mol. The average Bonchev–Trinajstić information content (AvgIpc) is 2.42. The van der Waals surface area contributed by atoms with Crippen molar-refractivity contribution in [2.45, 2.75) is 26.2 Å². The van der Waals surface area contributed by atoms with Gasteiger partial charge >= 0.3 is 5.97 Å². The summed E-state index contributed by atoms with van der Waals surface area (Å²) in [6, 6.07) is 7.13. The van der Waals surface area contributed by atoms with Crippen molar-refractivity contribution in [2.75, 3.05) is 26.3 Å². The Balaban J connectivity index is 2.17. The van der Waals surface area contributed by atoms with Gasteiger partial charge in [0.1, 0.15) is 0 Å². The van der Waals surface area contributed by atoms with Crippen molar-refractivity contribution < 1.29 is 14.6 Å². The first-order valence-corrected chi connectivity index (χ1v) is 6.85. The summed E-state index contributed by atoms with van der Waals surface area (Å²) in [6.07, 6.45) is 2.98. The zero-order valence-electron chi connectivity index (χ0n) is 11.5. The van der Waals surface area contributed by atoms with Gasteiger partial charge in [-0.05, 0) is 31.0 Å². The number of rotatable bonds is 10. The Bertz CT molecular complexity index is 379. The molecule has 0 fully saturated rings. The highest BCUT2D eigenvalue weighted by atomic mass is 16.5. The van der Waals surface area contributed by atoms with Crippen LogP contribution in [-0.4, -0.2) is 37.4 Å². The zero-order chi connectivity index (χ0) is 13.9. The minimum atomic E-state index is -0.863. The molecule has 0 aromatic heterocycles. The number of hydrogen-bond donors (Lipinski definition) is 2. The summed E-state index contributed by atoms with van der Waals surface area (Å²) in [7, 11) is 0. The molecule has 2 N–H and O–H groups in total. The van der Waals surface area contributed by atoms with Crippen LogP contribution in [0.4, 0.5) is 0 Å². The van der Waals surface area contributed by atoms with Gasteiger partial charge < -0.3 is 15.2 Å². The third kappa shape index (κ3) is 6.36. The molecule has 0 spiro atoms. The van der Waals surface area contributed by atoms with E-state index >= 15 is 0 Å². The molecular formula is C15H23NO3. The van der Waals surface area contributed by atoms with E-state index in [2.05, 4.69) is 12.2 Å². The first-order valence-electron chi connectivity index (χ1n) is 6.85. The molecule has 0 unspecified atom stereocenters. The van der Waals surface area contributed by atoms with E-state index in [0.29, 0.717) is 12.2 Å². The van der Waals surface area contributed by atoms with Gasteiger partial charge in [0.15, 0.2) is 0 Å². The Labute approximate surface area is 114 Å². The lowest BCUT2D eigenvalue weighted by Crippen LogP contribution is -2.23. The van der Waals surface area contributed by atoms with E-state index < -0.39 is 5.97 Å². The van der Waals surface area contributed by atoms with Crippen molar-refractivity contribution in [3.63, 3.8) is 0 Å². The summed E-state index contributed by atoms with van der Waals surface area (Å²) < 4.78 is 5.43.